The van der Waals surface area contributed by atoms with Crippen molar-refractivity contribution in [3.63, 3.8) is 0 Å². The summed E-state index contributed by atoms with van der Waals surface area (Å²) in [6.07, 6.45) is 6.84. The molecule has 2 aliphatic rings. The van der Waals surface area contributed by atoms with Gasteiger partial charge in [-0.1, -0.05) is 48.9 Å². The summed E-state index contributed by atoms with van der Waals surface area (Å²) in [5.41, 5.74) is 2.10. The van der Waals surface area contributed by atoms with E-state index in [1.807, 2.05) is 25.1 Å². The largest absolute Gasteiger partial charge is 0.385 e. The second-order valence-corrected chi connectivity index (χ2v) is 6.62. The first-order valence-corrected chi connectivity index (χ1v) is 7.66. The number of rotatable bonds is 1. The van der Waals surface area contributed by atoms with Crippen molar-refractivity contribution < 1.29 is 9.90 Å². The molecule has 0 heterocycles. The summed E-state index contributed by atoms with van der Waals surface area (Å²) in [7, 11) is 0. The minimum absolute atomic E-state index is 0.203. The van der Waals surface area contributed by atoms with Crippen LogP contribution in [0, 0.1) is 5.41 Å². The Labute approximate surface area is 126 Å². The maximum Gasteiger partial charge on any atom is 0.155 e. The van der Waals surface area contributed by atoms with Crippen LogP contribution in [0.3, 0.4) is 0 Å². The van der Waals surface area contributed by atoms with E-state index in [1.165, 1.54) is 0 Å². The van der Waals surface area contributed by atoms with Gasteiger partial charge >= 0.3 is 0 Å². The highest BCUT2D eigenvalue weighted by atomic mass is 16.3. The summed E-state index contributed by atoms with van der Waals surface area (Å²) >= 11 is 0. The predicted octanol–water partition coefficient (Wildman–Crippen LogP) is 3.91. The number of aliphatic hydroxyl groups is 1. The molecule has 0 radical (unpaired) electrons. The Morgan fingerprint density at radius 2 is 1.81 bits per heavy atom. The zero-order valence-electron chi connectivity index (χ0n) is 12.7. The van der Waals surface area contributed by atoms with Crippen LogP contribution in [0.2, 0.25) is 0 Å². The van der Waals surface area contributed by atoms with Gasteiger partial charge in [0.15, 0.2) is 5.78 Å². The third-order valence-corrected chi connectivity index (χ3v) is 5.42. The Morgan fingerprint density at radius 3 is 2.52 bits per heavy atom. The zero-order chi connectivity index (χ0) is 15.1. The lowest BCUT2D eigenvalue weighted by molar-refractivity contribution is -0.117. The normalized spacial score (nSPS) is 34.5. The highest BCUT2D eigenvalue weighted by Crippen LogP contribution is 2.54. The summed E-state index contributed by atoms with van der Waals surface area (Å²) in [6, 6.07) is 10.1. The highest BCUT2D eigenvalue weighted by molar-refractivity contribution is 5.92. The third kappa shape index (κ3) is 2.28. The van der Waals surface area contributed by atoms with Crippen LogP contribution in [0.25, 0.3) is 6.08 Å². The van der Waals surface area contributed by atoms with Crippen LogP contribution < -0.4 is 0 Å². The molecule has 1 saturated carbocycles. The van der Waals surface area contributed by atoms with Gasteiger partial charge in [-0.05, 0) is 43.4 Å². The number of hydrogen-bond acceptors (Lipinski definition) is 2. The number of carbonyl (C=O) groups is 1. The molecule has 2 atom stereocenters. The van der Waals surface area contributed by atoms with Crippen molar-refractivity contribution in [3.05, 3.63) is 53.1 Å². The standard InChI is InChI=1S/C19H22O2/c1-18-11-10-17(20)13-15(18)8-9-16(19(18,2)21)12-14-6-4-3-5-7-14/h3-7,12-13,21H,8-11H2,1-2H3. The molecule has 2 heteroatoms. The van der Waals surface area contributed by atoms with E-state index in [-0.39, 0.29) is 11.2 Å². The lowest BCUT2D eigenvalue weighted by Crippen LogP contribution is -2.51. The van der Waals surface area contributed by atoms with E-state index in [0.29, 0.717) is 6.42 Å². The Kier molecular flexibility index (Phi) is 3.37. The Bertz CT molecular complexity index is 622. The average molecular weight is 282 g/mol. The number of hydrogen-bond donors (Lipinski definition) is 1. The molecule has 21 heavy (non-hydrogen) atoms. The van der Waals surface area contributed by atoms with Gasteiger partial charge in [0.1, 0.15) is 0 Å². The van der Waals surface area contributed by atoms with Gasteiger partial charge in [-0.2, -0.15) is 0 Å². The number of benzene rings is 1. The molecule has 2 unspecified atom stereocenters. The summed E-state index contributed by atoms with van der Waals surface area (Å²) < 4.78 is 0. The molecule has 2 aliphatic carbocycles. The predicted molar refractivity (Wildman–Crippen MR) is 84.7 cm³/mol. The average Bonchev–Trinajstić information content (AvgIpc) is 2.46. The monoisotopic (exact) mass is 282 g/mol. The van der Waals surface area contributed by atoms with Crippen molar-refractivity contribution >= 4 is 11.9 Å². The maximum atomic E-state index is 11.7. The molecule has 0 saturated heterocycles. The maximum absolute atomic E-state index is 11.7. The van der Waals surface area contributed by atoms with E-state index in [4.69, 9.17) is 0 Å². The van der Waals surface area contributed by atoms with Crippen LogP contribution in [0.1, 0.15) is 45.1 Å². The minimum atomic E-state index is -0.895. The van der Waals surface area contributed by atoms with Crippen molar-refractivity contribution in [2.45, 2.75) is 45.1 Å². The van der Waals surface area contributed by atoms with Crippen molar-refractivity contribution in [1.82, 2.24) is 0 Å². The second kappa shape index (κ2) is 4.96. The molecule has 1 aromatic carbocycles. The number of allylic oxidation sites excluding steroid dienone is 1. The van der Waals surface area contributed by atoms with Crippen molar-refractivity contribution in [2.75, 3.05) is 0 Å². The summed E-state index contributed by atoms with van der Waals surface area (Å²) in [6.45, 7) is 4.01. The molecule has 0 bridgehead atoms. The lowest BCUT2D eigenvalue weighted by Gasteiger charge is -2.51. The first-order valence-electron chi connectivity index (χ1n) is 7.66. The Balaban J connectivity index is 2.02. The lowest BCUT2D eigenvalue weighted by atomic mass is 9.56. The summed E-state index contributed by atoms with van der Waals surface area (Å²) in [4.78, 5) is 11.7. The molecule has 2 nitrogen and oxygen atoms in total. The summed E-state index contributed by atoms with van der Waals surface area (Å²) in [5.74, 6) is 0.203. The summed E-state index contributed by atoms with van der Waals surface area (Å²) in [5, 5.41) is 11.2. The Morgan fingerprint density at radius 1 is 1.10 bits per heavy atom. The molecule has 0 amide bonds. The van der Waals surface area contributed by atoms with E-state index in [9.17, 15) is 9.90 Å². The van der Waals surface area contributed by atoms with Crippen molar-refractivity contribution in [1.29, 1.82) is 0 Å². The van der Waals surface area contributed by atoms with E-state index in [1.54, 1.807) is 6.08 Å². The minimum Gasteiger partial charge on any atom is -0.385 e. The third-order valence-electron chi connectivity index (χ3n) is 5.42. The fraction of sp³-hybridized carbons (Fsp3) is 0.421. The van der Waals surface area contributed by atoms with E-state index in [2.05, 4.69) is 25.1 Å². The molecule has 0 aromatic heterocycles. The number of ketones is 1. The zero-order valence-corrected chi connectivity index (χ0v) is 12.7. The molecular formula is C19H22O2. The molecule has 0 spiro atoms. The Hall–Kier alpha value is -1.67. The fourth-order valence-corrected chi connectivity index (χ4v) is 3.69. The van der Waals surface area contributed by atoms with Crippen LogP contribution in [-0.2, 0) is 4.79 Å². The van der Waals surface area contributed by atoms with Crippen molar-refractivity contribution in [2.24, 2.45) is 5.41 Å². The van der Waals surface area contributed by atoms with Crippen molar-refractivity contribution in [3.8, 4) is 0 Å². The van der Waals surface area contributed by atoms with E-state index in [0.717, 1.165) is 36.0 Å². The highest BCUT2D eigenvalue weighted by Gasteiger charge is 2.51. The molecule has 1 N–H and O–H groups in total. The second-order valence-electron chi connectivity index (χ2n) is 6.62. The van der Waals surface area contributed by atoms with Gasteiger partial charge < -0.3 is 5.11 Å². The van der Waals surface area contributed by atoms with Crippen LogP contribution in [0.4, 0.5) is 0 Å². The van der Waals surface area contributed by atoms with Gasteiger partial charge in [-0.3, -0.25) is 4.79 Å². The number of fused-ring (bicyclic) bond motifs is 1. The van der Waals surface area contributed by atoms with Gasteiger partial charge in [0.25, 0.3) is 0 Å². The molecule has 0 aliphatic heterocycles. The molecule has 1 aromatic rings. The van der Waals surface area contributed by atoms with Crippen LogP contribution in [-0.4, -0.2) is 16.5 Å². The van der Waals surface area contributed by atoms with Crippen LogP contribution in [0.15, 0.2) is 47.6 Å². The van der Waals surface area contributed by atoms with Gasteiger partial charge in [0, 0.05) is 11.8 Å². The van der Waals surface area contributed by atoms with E-state index < -0.39 is 5.60 Å². The first-order chi connectivity index (χ1) is 9.93. The van der Waals surface area contributed by atoms with Crippen LogP contribution in [0.5, 0.6) is 0 Å². The van der Waals surface area contributed by atoms with Gasteiger partial charge in [0.05, 0.1) is 5.60 Å². The molecule has 3 rings (SSSR count). The fourth-order valence-electron chi connectivity index (χ4n) is 3.69. The van der Waals surface area contributed by atoms with Gasteiger partial charge in [0.2, 0.25) is 0 Å². The van der Waals surface area contributed by atoms with Crippen LogP contribution >= 0.6 is 0 Å². The topological polar surface area (TPSA) is 37.3 Å². The van der Waals surface area contributed by atoms with E-state index >= 15 is 0 Å². The SMILES string of the molecule is CC1(O)C(=Cc2ccccc2)CCC2=CC(=O)CCC21C. The van der Waals surface area contributed by atoms with Gasteiger partial charge in [-0.25, -0.2) is 0 Å². The first kappa shape index (κ1) is 14.3. The van der Waals surface area contributed by atoms with Gasteiger partial charge in [-0.15, -0.1) is 0 Å². The molecule has 110 valence electrons. The molecular weight excluding hydrogens is 260 g/mol. The molecule has 1 fully saturated rings. The smallest absolute Gasteiger partial charge is 0.155 e. The number of carbonyl (C=O) groups excluding carboxylic acids is 1. The quantitative estimate of drug-likeness (QED) is 0.848.